The third-order valence-corrected chi connectivity index (χ3v) is 4.18. The molecule has 0 spiro atoms. The Labute approximate surface area is 144 Å². The third-order valence-electron chi connectivity index (χ3n) is 4.18. The van der Waals surface area contributed by atoms with Gasteiger partial charge < -0.3 is 10.6 Å². The Kier molecular flexibility index (Phi) is 6.35. The summed E-state index contributed by atoms with van der Waals surface area (Å²) in [5.74, 6) is 0.817. The number of nitrogens with zero attached hydrogens (tertiary/aromatic N) is 4. The van der Waals surface area contributed by atoms with E-state index >= 15 is 0 Å². The lowest BCUT2D eigenvalue weighted by atomic mass is 10.1. The molecular formula is C18H28N6. The molecule has 0 aliphatic rings. The van der Waals surface area contributed by atoms with Crippen LogP contribution < -0.4 is 10.6 Å². The summed E-state index contributed by atoms with van der Waals surface area (Å²) in [6, 6.07) is 6.25. The lowest BCUT2D eigenvalue weighted by molar-refractivity contribution is 0.634. The molecule has 6 nitrogen and oxygen atoms in total. The van der Waals surface area contributed by atoms with Gasteiger partial charge in [-0.15, -0.1) is 0 Å². The monoisotopic (exact) mass is 328 g/mol. The van der Waals surface area contributed by atoms with Crippen molar-refractivity contribution in [2.24, 2.45) is 12.0 Å². The molecule has 2 aromatic rings. The van der Waals surface area contributed by atoms with Crippen LogP contribution >= 0.6 is 0 Å². The summed E-state index contributed by atoms with van der Waals surface area (Å²) in [7, 11) is 3.78. The van der Waals surface area contributed by atoms with Crippen LogP contribution in [0.4, 0.5) is 0 Å². The Balaban J connectivity index is 1.83. The van der Waals surface area contributed by atoms with E-state index in [1.165, 1.54) is 11.3 Å². The lowest BCUT2D eigenvalue weighted by Gasteiger charge is -2.18. The maximum absolute atomic E-state index is 4.48. The van der Waals surface area contributed by atoms with E-state index in [4.69, 9.17) is 0 Å². The van der Waals surface area contributed by atoms with E-state index in [0.29, 0.717) is 0 Å². The lowest BCUT2D eigenvalue weighted by Crippen LogP contribution is -2.43. The number of hydrogen-bond donors (Lipinski definition) is 2. The van der Waals surface area contributed by atoms with Crippen LogP contribution in [0, 0.1) is 13.8 Å². The Morgan fingerprint density at radius 3 is 2.71 bits per heavy atom. The number of rotatable bonds is 6. The highest BCUT2D eigenvalue weighted by Gasteiger charge is 2.13. The van der Waals surface area contributed by atoms with Gasteiger partial charge in [0.05, 0.1) is 5.69 Å². The molecule has 2 aromatic heterocycles. The zero-order valence-corrected chi connectivity index (χ0v) is 15.3. The van der Waals surface area contributed by atoms with Gasteiger partial charge in [-0.3, -0.25) is 14.7 Å². The number of pyridine rings is 1. The molecule has 130 valence electrons. The number of aryl methyl sites for hydroxylation is 2. The number of nitrogens with one attached hydrogen (secondary N) is 2. The quantitative estimate of drug-likeness (QED) is 0.626. The Morgan fingerprint density at radius 2 is 2.12 bits per heavy atom. The summed E-state index contributed by atoms with van der Waals surface area (Å²) >= 11 is 0. The smallest absolute Gasteiger partial charge is 0.191 e. The SMILES string of the molecule is CN=C(NCCc1ccccn1)NC(C)Cc1c(C)nn(C)c1C. The second kappa shape index (κ2) is 8.47. The highest BCUT2D eigenvalue weighted by atomic mass is 15.3. The van der Waals surface area contributed by atoms with Gasteiger partial charge in [-0.05, 0) is 44.9 Å². The number of aliphatic imine (C=N–C) groups is 1. The van der Waals surface area contributed by atoms with E-state index in [-0.39, 0.29) is 6.04 Å². The van der Waals surface area contributed by atoms with Gasteiger partial charge in [0, 0.05) is 50.7 Å². The molecule has 6 heteroatoms. The second-order valence-corrected chi connectivity index (χ2v) is 6.09. The molecule has 0 aliphatic heterocycles. The highest BCUT2D eigenvalue weighted by molar-refractivity contribution is 5.79. The van der Waals surface area contributed by atoms with Gasteiger partial charge in [0.25, 0.3) is 0 Å². The summed E-state index contributed by atoms with van der Waals surface area (Å²) in [6.07, 6.45) is 3.62. The average Bonchev–Trinajstić information content (AvgIpc) is 2.81. The minimum absolute atomic E-state index is 0.271. The van der Waals surface area contributed by atoms with Crippen molar-refractivity contribution in [3.05, 3.63) is 47.0 Å². The summed E-state index contributed by atoms with van der Waals surface area (Å²) in [5, 5.41) is 11.3. The first kappa shape index (κ1) is 18.0. The van der Waals surface area contributed by atoms with E-state index in [1.54, 1.807) is 7.05 Å². The van der Waals surface area contributed by atoms with Gasteiger partial charge >= 0.3 is 0 Å². The fourth-order valence-corrected chi connectivity index (χ4v) is 2.75. The predicted molar refractivity (Wildman–Crippen MR) is 98.3 cm³/mol. The van der Waals surface area contributed by atoms with E-state index < -0.39 is 0 Å². The molecule has 0 aliphatic carbocycles. The van der Waals surface area contributed by atoms with Crippen LogP contribution in [0.3, 0.4) is 0 Å². The minimum atomic E-state index is 0.271. The first-order valence-corrected chi connectivity index (χ1v) is 8.37. The summed E-state index contributed by atoms with van der Waals surface area (Å²) in [4.78, 5) is 8.63. The third kappa shape index (κ3) is 4.81. The molecule has 2 heterocycles. The molecule has 2 N–H and O–H groups in total. The molecule has 1 atom stereocenters. The van der Waals surface area contributed by atoms with E-state index in [9.17, 15) is 0 Å². The average molecular weight is 328 g/mol. The first-order chi connectivity index (χ1) is 11.5. The number of aromatic nitrogens is 3. The van der Waals surface area contributed by atoms with Crippen molar-refractivity contribution in [3.8, 4) is 0 Å². The molecular weight excluding hydrogens is 300 g/mol. The maximum atomic E-state index is 4.48. The van der Waals surface area contributed by atoms with E-state index in [0.717, 1.165) is 36.7 Å². The molecule has 0 saturated heterocycles. The van der Waals surface area contributed by atoms with Gasteiger partial charge in [0.2, 0.25) is 0 Å². The predicted octanol–water partition coefficient (Wildman–Crippen LogP) is 1.77. The largest absolute Gasteiger partial charge is 0.356 e. The van der Waals surface area contributed by atoms with Crippen molar-refractivity contribution in [1.29, 1.82) is 0 Å². The number of hydrogen-bond acceptors (Lipinski definition) is 3. The van der Waals surface area contributed by atoms with Gasteiger partial charge in [0.15, 0.2) is 5.96 Å². The zero-order valence-electron chi connectivity index (χ0n) is 15.3. The zero-order chi connectivity index (χ0) is 17.5. The first-order valence-electron chi connectivity index (χ1n) is 8.37. The number of guanidine groups is 1. The summed E-state index contributed by atoms with van der Waals surface area (Å²) in [6.45, 7) is 7.14. The van der Waals surface area contributed by atoms with Crippen LogP contribution in [0.5, 0.6) is 0 Å². The molecule has 2 rings (SSSR count). The Morgan fingerprint density at radius 1 is 1.33 bits per heavy atom. The van der Waals surface area contributed by atoms with Crippen molar-refractivity contribution in [1.82, 2.24) is 25.4 Å². The summed E-state index contributed by atoms with van der Waals surface area (Å²) in [5.41, 5.74) is 4.71. The van der Waals surface area contributed by atoms with Gasteiger partial charge in [0.1, 0.15) is 0 Å². The van der Waals surface area contributed by atoms with Crippen LogP contribution in [-0.2, 0) is 19.9 Å². The molecule has 0 saturated carbocycles. The molecule has 1 unspecified atom stereocenters. The molecule has 0 amide bonds. The molecule has 0 fully saturated rings. The maximum Gasteiger partial charge on any atom is 0.191 e. The second-order valence-electron chi connectivity index (χ2n) is 6.09. The van der Waals surface area contributed by atoms with E-state index in [2.05, 4.69) is 46.5 Å². The normalized spacial score (nSPS) is 13.0. The molecule has 0 bridgehead atoms. The van der Waals surface area contributed by atoms with Gasteiger partial charge in [-0.2, -0.15) is 5.10 Å². The fourth-order valence-electron chi connectivity index (χ4n) is 2.75. The molecule has 0 aromatic carbocycles. The van der Waals surface area contributed by atoms with Crippen LogP contribution in [0.2, 0.25) is 0 Å². The van der Waals surface area contributed by atoms with Crippen LogP contribution in [0.15, 0.2) is 29.4 Å². The van der Waals surface area contributed by atoms with Crippen LogP contribution in [-0.4, -0.2) is 40.4 Å². The highest BCUT2D eigenvalue weighted by Crippen LogP contribution is 2.14. The van der Waals surface area contributed by atoms with E-state index in [1.807, 2.05) is 36.1 Å². The van der Waals surface area contributed by atoms with Gasteiger partial charge in [-0.25, -0.2) is 0 Å². The standard InChI is InChI=1S/C18H28N6/c1-13(12-17-14(2)23-24(5)15(17)3)22-18(19-4)21-11-9-16-8-6-7-10-20-16/h6-8,10,13H,9,11-12H2,1-5H3,(H2,19,21,22). The topological polar surface area (TPSA) is 67.1 Å². The van der Waals surface area contributed by atoms with Crippen molar-refractivity contribution in [3.63, 3.8) is 0 Å². The van der Waals surface area contributed by atoms with Crippen LogP contribution in [0.25, 0.3) is 0 Å². The fraction of sp³-hybridized carbons (Fsp3) is 0.500. The van der Waals surface area contributed by atoms with Crippen molar-refractivity contribution in [2.75, 3.05) is 13.6 Å². The molecule has 0 radical (unpaired) electrons. The van der Waals surface area contributed by atoms with Gasteiger partial charge in [-0.1, -0.05) is 6.07 Å². The van der Waals surface area contributed by atoms with Crippen molar-refractivity contribution < 1.29 is 0 Å². The Hall–Kier alpha value is -2.37. The van der Waals surface area contributed by atoms with Crippen molar-refractivity contribution >= 4 is 5.96 Å². The molecule has 24 heavy (non-hydrogen) atoms. The van der Waals surface area contributed by atoms with Crippen molar-refractivity contribution in [2.45, 2.75) is 39.7 Å². The van der Waals surface area contributed by atoms with Crippen LogP contribution in [0.1, 0.15) is 29.6 Å². The summed E-state index contributed by atoms with van der Waals surface area (Å²) < 4.78 is 1.94. The Bertz CT molecular complexity index is 674. The minimum Gasteiger partial charge on any atom is -0.356 e.